The maximum Gasteiger partial charge on any atom is 0.273 e. The van der Waals surface area contributed by atoms with Crippen molar-refractivity contribution >= 4 is 16.8 Å². The molecule has 0 unspecified atom stereocenters. The Balaban J connectivity index is 1.63. The molecule has 128 valence electrons. The number of para-hydroxylation sites is 1. The van der Waals surface area contributed by atoms with E-state index in [4.69, 9.17) is 4.74 Å². The van der Waals surface area contributed by atoms with Gasteiger partial charge in [-0.25, -0.2) is 9.97 Å². The molecule has 1 aliphatic heterocycles. The molecule has 4 rings (SSSR count). The summed E-state index contributed by atoms with van der Waals surface area (Å²) in [6.07, 6.45) is 1.83. The summed E-state index contributed by atoms with van der Waals surface area (Å²) < 4.78 is 7.37. The van der Waals surface area contributed by atoms with Crippen LogP contribution in [0.25, 0.3) is 10.9 Å². The van der Waals surface area contributed by atoms with Gasteiger partial charge in [0.1, 0.15) is 11.5 Å². The van der Waals surface area contributed by atoms with E-state index in [0.717, 1.165) is 29.0 Å². The average Bonchev–Trinajstić information content (AvgIpc) is 3.05. The molecule has 1 aromatic carbocycles. The summed E-state index contributed by atoms with van der Waals surface area (Å²) in [6, 6.07) is 11.5. The van der Waals surface area contributed by atoms with E-state index in [0.29, 0.717) is 18.8 Å². The molecule has 2 aromatic heterocycles. The number of aromatic nitrogens is 3. The lowest BCUT2D eigenvalue weighted by molar-refractivity contribution is 0.0627. The fourth-order valence-electron chi connectivity index (χ4n) is 3.43. The van der Waals surface area contributed by atoms with Gasteiger partial charge >= 0.3 is 0 Å². The highest BCUT2D eigenvalue weighted by molar-refractivity contribution is 5.95. The normalized spacial score (nSPS) is 16.9. The molecule has 0 saturated carbocycles. The minimum Gasteiger partial charge on any atom is -0.378 e. The van der Waals surface area contributed by atoms with E-state index >= 15 is 0 Å². The summed E-state index contributed by atoms with van der Waals surface area (Å²) in [5.41, 5.74) is 2.35. The molecule has 3 aromatic rings. The van der Waals surface area contributed by atoms with Crippen molar-refractivity contribution in [2.75, 3.05) is 13.7 Å². The minimum atomic E-state index is -0.0971. The van der Waals surface area contributed by atoms with E-state index in [-0.39, 0.29) is 11.9 Å². The number of carbonyl (C=O) groups excluding carboxylic acids is 1. The van der Waals surface area contributed by atoms with Crippen LogP contribution in [0.2, 0.25) is 0 Å². The Morgan fingerprint density at radius 2 is 2.08 bits per heavy atom. The smallest absolute Gasteiger partial charge is 0.273 e. The number of ether oxygens (including phenoxy) is 1. The predicted molar refractivity (Wildman–Crippen MR) is 94.1 cm³/mol. The molecular weight excluding hydrogens is 316 g/mol. The number of hydrogen-bond acceptors (Lipinski definition) is 4. The summed E-state index contributed by atoms with van der Waals surface area (Å²) >= 11 is 0. The second kappa shape index (κ2) is 6.29. The minimum absolute atomic E-state index is 0.0548. The molecule has 1 aliphatic rings. The molecule has 1 amide bonds. The summed E-state index contributed by atoms with van der Waals surface area (Å²) in [5.74, 6) is 0.841. The van der Waals surface area contributed by atoms with Crippen molar-refractivity contribution in [2.24, 2.45) is 0 Å². The first-order valence-electron chi connectivity index (χ1n) is 8.39. The fraction of sp³-hybridized carbons (Fsp3) is 0.316. The van der Waals surface area contributed by atoms with Gasteiger partial charge in [-0.15, -0.1) is 0 Å². The van der Waals surface area contributed by atoms with Gasteiger partial charge in [-0.2, -0.15) is 0 Å². The van der Waals surface area contributed by atoms with Gasteiger partial charge < -0.3 is 14.2 Å². The Morgan fingerprint density at radius 1 is 1.24 bits per heavy atom. The van der Waals surface area contributed by atoms with E-state index < -0.39 is 0 Å². The highest BCUT2D eigenvalue weighted by Gasteiger charge is 2.31. The van der Waals surface area contributed by atoms with Crippen molar-refractivity contribution in [3.05, 3.63) is 59.8 Å². The molecule has 0 spiro atoms. The Hall–Kier alpha value is -2.73. The summed E-state index contributed by atoms with van der Waals surface area (Å²) in [7, 11) is 1.67. The Bertz CT molecular complexity index is 934. The number of pyridine rings is 1. The number of nitrogens with zero attached hydrogens (tertiary/aromatic N) is 4. The molecule has 6 nitrogen and oxygen atoms in total. The Morgan fingerprint density at radius 3 is 2.92 bits per heavy atom. The standard InChI is InChI=1S/C19H20N4O2/c1-13-18-20-11-15(12-25-2)23(18)10-9-22(13)19(24)17-8-7-14-5-3-4-6-16(14)21-17/h3-8,11,13H,9-10,12H2,1-2H3/t13-/m0/s1. The van der Waals surface area contributed by atoms with E-state index in [1.165, 1.54) is 0 Å². The summed E-state index contributed by atoms with van der Waals surface area (Å²) in [6.45, 7) is 3.89. The quantitative estimate of drug-likeness (QED) is 0.738. The average molecular weight is 336 g/mol. The van der Waals surface area contributed by atoms with Crippen LogP contribution in [0.5, 0.6) is 0 Å². The predicted octanol–water partition coefficient (Wildman–Crippen LogP) is 2.79. The zero-order valence-electron chi connectivity index (χ0n) is 14.3. The number of fused-ring (bicyclic) bond motifs is 2. The maximum atomic E-state index is 13.0. The number of hydrogen-bond donors (Lipinski definition) is 0. The zero-order valence-corrected chi connectivity index (χ0v) is 14.3. The Kier molecular flexibility index (Phi) is 3.97. The maximum absolute atomic E-state index is 13.0. The van der Waals surface area contributed by atoms with Crippen LogP contribution in [0.1, 0.15) is 35.0 Å². The van der Waals surface area contributed by atoms with Gasteiger partial charge in [-0.05, 0) is 19.1 Å². The second-order valence-corrected chi connectivity index (χ2v) is 6.26. The largest absolute Gasteiger partial charge is 0.378 e. The van der Waals surface area contributed by atoms with Crippen LogP contribution in [-0.2, 0) is 17.9 Å². The highest BCUT2D eigenvalue weighted by atomic mass is 16.5. The first-order chi connectivity index (χ1) is 12.2. The number of imidazole rings is 1. The molecule has 0 radical (unpaired) electrons. The van der Waals surface area contributed by atoms with Gasteiger partial charge in [0, 0.05) is 25.6 Å². The van der Waals surface area contributed by atoms with Gasteiger partial charge in [-0.1, -0.05) is 24.3 Å². The molecule has 0 bridgehead atoms. The lowest BCUT2D eigenvalue weighted by Gasteiger charge is -2.34. The molecule has 0 fully saturated rings. The third-order valence-electron chi connectivity index (χ3n) is 4.75. The number of methoxy groups -OCH3 is 1. The van der Waals surface area contributed by atoms with Crippen LogP contribution >= 0.6 is 0 Å². The summed E-state index contributed by atoms with van der Waals surface area (Å²) in [4.78, 5) is 23.9. The fourth-order valence-corrected chi connectivity index (χ4v) is 3.43. The topological polar surface area (TPSA) is 60.2 Å². The van der Waals surface area contributed by atoms with E-state index in [1.54, 1.807) is 13.2 Å². The van der Waals surface area contributed by atoms with Crippen molar-refractivity contribution in [3.63, 3.8) is 0 Å². The number of amides is 1. The Labute approximate surface area is 146 Å². The molecular formula is C19H20N4O2. The van der Waals surface area contributed by atoms with Crippen LogP contribution in [0, 0.1) is 0 Å². The third kappa shape index (κ3) is 2.68. The van der Waals surface area contributed by atoms with E-state index in [2.05, 4.69) is 14.5 Å². The van der Waals surface area contributed by atoms with Crippen molar-refractivity contribution < 1.29 is 9.53 Å². The van der Waals surface area contributed by atoms with Gasteiger partial charge in [-0.3, -0.25) is 4.79 Å². The lowest BCUT2D eigenvalue weighted by atomic mass is 10.1. The van der Waals surface area contributed by atoms with Crippen molar-refractivity contribution in [1.82, 2.24) is 19.4 Å². The van der Waals surface area contributed by atoms with Crippen LogP contribution in [0.4, 0.5) is 0 Å². The first-order valence-corrected chi connectivity index (χ1v) is 8.39. The van der Waals surface area contributed by atoms with E-state index in [9.17, 15) is 4.79 Å². The van der Waals surface area contributed by atoms with Crippen LogP contribution < -0.4 is 0 Å². The number of benzene rings is 1. The van der Waals surface area contributed by atoms with Gasteiger partial charge in [0.25, 0.3) is 5.91 Å². The van der Waals surface area contributed by atoms with Crippen LogP contribution in [0.3, 0.4) is 0 Å². The first kappa shape index (κ1) is 15.8. The second-order valence-electron chi connectivity index (χ2n) is 6.26. The highest BCUT2D eigenvalue weighted by Crippen LogP contribution is 2.27. The van der Waals surface area contributed by atoms with Crippen molar-refractivity contribution in [1.29, 1.82) is 0 Å². The molecule has 0 N–H and O–H groups in total. The molecule has 25 heavy (non-hydrogen) atoms. The van der Waals surface area contributed by atoms with Crippen molar-refractivity contribution in [3.8, 4) is 0 Å². The molecule has 6 heteroatoms. The number of carbonyl (C=O) groups is 1. The zero-order chi connectivity index (χ0) is 17.4. The molecule has 3 heterocycles. The number of rotatable bonds is 3. The third-order valence-corrected chi connectivity index (χ3v) is 4.75. The monoisotopic (exact) mass is 336 g/mol. The van der Waals surface area contributed by atoms with Gasteiger partial charge in [0.15, 0.2) is 0 Å². The molecule has 0 aliphatic carbocycles. The molecule has 0 saturated heterocycles. The van der Waals surface area contributed by atoms with Gasteiger partial charge in [0.05, 0.1) is 30.1 Å². The lowest BCUT2D eigenvalue weighted by Crippen LogP contribution is -2.41. The van der Waals surface area contributed by atoms with Gasteiger partial charge in [0.2, 0.25) is 0 Å². The van der Waals surface area contributed by atoms with E-state index in [1.807, 2.05) is 48.4 Å². The summed E-state index contributed by atoms with van der Waals surface area (Å²) in [5, 5.41) is 1.03. The van der Waals surface area contributed by atoms with Crippen molar-refractivity contribution in [2.45, 2.75) is 26.1 Å². The SMILES string of the molecule is COCc1cnc2n1CCN(C(=O)c1ccc3ccccc3n1)[C@H]2C. The molecule has 1 atom stereocenters. The van der Waals surface area contributed by atoms with Crippen LogP contribution in [0.15, 0.2) is 42.6 Å². The van der Waals surface area contributed by atoms with Crippen LogP contribution in [-0.4, -0.2) is 39.0 Å².